The maximum Gasteiger partial charge on any atom is 0.294 e. The quantitative estimate of drug-likeness (QED) is 0.650. The number of benzene rings is 2. The highest BCUT2D eigenvalue weighted by molar-refractivity contribution is 7.86. The lowest BCUT2D eigenvalue weighted by molar-refractivity contribution is 0.287. The Labute approximate surface area is 161 Å². The van der Waals surface area contributed by atoms with Crippen LogP contribution in [0, 0.1) is 13.8 Å². The Morgan fingerprint density at radius 2 is 1.00 bits per heavy atom. The highest BCUT2D eigenvalue weighted by atomic mass is 32.2. The molecule has 0 bridgehead atoms. The number of hydrogen-bond acceptors (Lipinski definition) is 5. The van der Waals surface area contributed by atoms with Crippen molar-refractivity contribution < 1.29 is 31.0 Å². The van der Waals surface area contributed by atoms with E-state index in [1.807, 2.05) is 13.8 Å². The minimum absolute atomic E-state index is 0.0666. The highest BCUT2D eigenvalue weighted by Gasteiger charge is 2.07. The van der Waals surface area contributed by atoms with Crippen LogP contribution >= 0.6 is 0 Å². The van der Waals surface area contributed by atoms with Gasteiger partial charge in [0.1, 0.15) is 0 Å². The molecule has 0 amide bonds. The van der Waals surface area contributed by atoms with Crippen LogP contribution in [0.25, 0.3) is 0 Å². The zero-order chi connectivity index (χ0) is 21.1. The Morgan fingerprint density at radius 3 is 1.15 bits per heavy atom. The van der Waals surface area contributed by atoms with Gasteiger partial charge in [-0.3, -0.25) is 9.11 Å². The second kappa shape index (κ2) is 11.8. The van der Waals surface area contributed by atoms with Crippen LogP contribution in [0.5, 0.6) is 0 Å². The first-order valence-electron chi connectivity index (χ1n) is 8.11. The van der Waals surface area contributed by atoms with Crippen LogP contribution in [0.2, 0.25) is 0 Å². The van der Waals surface area contributed by atoms with Gasteiger partial charge in [0.05, 0.1) is 9.79 Å². The van der Waals surface area contributed by atoms with Crippen molar-refractivity contribution in [2.45, 2.75) is 43.4 Å². The topological polar surface area (TPSA) is 129 Å². The SMILES string of the molecule is CCCCO.Cc1ccc(S(=O)(=O)O)cc1.Cc1ccc(S(=O)(=O)O)cc1. The molecule has 0 spiro atoms. The molecule has 2 rings (SSSR count). The Kier molecular flexibility index (Phi) is 11.1. The van der Waals surface area contributed by atoms with Gasteiger partial charge in [-0.1, -0.05) is 48.7 Å². The summed E-state index contributed by atoms with van der Waals surface area (Å²) in [4.78, 5) is -0.133. The molecule has 0 saturated carbocycles. The third-order valence-electron chi connectivity index (χ3n) is 3.15. The van der Waals surface area contributed by atoms with E-state index in [1.54, 1.807) is 24.3 Å². The molecule has 152 valence electrons. The van der Waals surface area contributed by atoms with Crippen molar-refractivity contribution in [3.05, 3.63) is 59.7 Å². The maximum absolute atomic E-state index is 10.5. The molecule has 0 aromatic heterocycles. The van der Waals surface area contributed by atoms with Gasteiger partial charge in [-0.05, 0) is 44.5 Å². The van der Waals surface area contributed by atoms with Crippen LogP contribution in [-0.2, 0) is 20.2 Å². The number of rotatable bonds is 4. The summed E-state index contributed by atoms with van der Waals surface area (Å²) in [5, 5.41) is 8.07. The van der Waals surface area contributed by atoms with Crippen molar-refractivity contribution in [3.63, 3.8) is 0 Å². The molecule has 9 heteroatoms. The second-order valence-electron chi connectivity index (χ2n) is 5.65. The van der Waals surface area contributed by atoms with Gasteiger partial charge in [0, 0.05) is 6.61 Å². The zero-order valence-electron chi connectivity index (χ0n) is 15.5. The molecule has 2 aromatic carbocycles. The average molecular weight is 419 g/mol. The summed E-state index contributed by atoms with van der Waals surface area (Å²) in [6.45, 7) is 6.08. The van der Waals surface area contributed by atoms with E-state index in [4.69, 9.17) is 14.2 Å². The summed E-state index contributed by atoms with van der Waals surface area (Å²) in [5.74, 6) is 0. The lowest BCUT2D eigenvalue weighted by atomic mass is 10.2. The van der Waals surface area contributed by atoms with E-state index in [0.29, 0.717) is 6.61 Å². The Bertz CT molecular complexity index is 795. The summed E-state index contributed by atoms with van der Waals surface area (Å²) in [6, 6.07) is 12.0. The predicted octanol–water partition coefficient (Wildman–Crippen LogP) is 3.26. The van der Waals surface area contributed by atoms with Crippen LogP contribution in [-0.4, -0.2) is 37.7 Å². The van der Waals surface area contributed by atoms with E-state index >= 15 is 0 Å². The summed E-state index contributed by atoms with van der Waals surface area (Å²) in [7, 11) is -8.04. The molecule has 0 atom stereocenters. The fourth-order valence-electron chi connectivity index (χ4n) is 1.58. The number of hydrogen-bond donors (Lipinski definition) is 3. The van der Waals surface area contributed by atoms with Crippen LogP contribution in [0.1, 0.15) is 30.9 Å². The molecule has 27 heavy (non-hydrogen) atoms. The molecule has 3 N–H and O–H groups in total. The monoisotopic (exact) mass is 418 g/mol. The second-order valence-corrected chi connectivity index (χ2v) is 8.50. The molecule has 0 radical (unpaired) electrons. The fraction of sp³-hybridized carbons (Fsp3) is 0.333. The van der Waals surface area contributed by atoms with Gasteiger partial charge in [-0.25, -0.2) is 0 Å². The predicted molar refractivity (Wildman–Crippen MR) is 104 cm³/mol. The van der Waals surface area contributed by atoms with E-state index in [9.17, 15) is 16.8 Å². The number of aryl methyl sites for hydroxylation is 2. The smallest absolute Gasteiger partial charge is 0.294 e. The molecule has 7 nitrogen and oxygen atoms in total. The molecule has 0 saturated heterocycles. The van der Waals surface area contributed by atoms with Crippen molar-refractivity contribution in [3.8, 4) is 0 Å². The maximum atomic E-state index is 10.5. The van der Waals surface area contributed by atoms with E-state index in [0.717, 1.165) is 24.0 Å². The van der Waals surface area contributed by atoms with Crippen molar-refractivity contribution in [2.75, 3.05) is 6.61 Å². The standard InChI is InChI=1S/2C7H8O3S.C4H10O/c2*1-6-2-4-7(5-3-6)11(8,9)10;1-2-3-4-5/h2*2-5H,1H3,(H,8,9,10);5H,2-4H2,1H3. The van der Waals surface area contributed by atoms with Gasteiger partial charge in [0.2, 0.25) is 0 Å². The largest absolute Gasteiger partial charge is 0.396 e. The number of aliphatic hydroxyl groups is 1. The van der Waals surface area contributed by atoms with Crippen molar-refractivity contribution in [2.24, 2.45) is 0 Å². The van der Waals surface area contributed by atoms with Crippen LogP contribution in [0.4, 0.5) is 0 Å². The minimum atomic E-state index is -4.02. The molecule has 0 aliphatic heterocycles. The number of aliphatic hydroxyl groups excluding tert-OH is 1. The molecule has 0 aliphatic carbocycles. The molecule has 0 aliphatic rings. The van der Waals surface area contributed by atoms with Crippen LogP contribution < -0.4 is 0 Å². The van der Waals surface area contributed by atoms with E-state index in [-0.39, 0.29) is 9.79 Å². The van der Waals surface area contributed by atoms with Crippen molar-refractivity contribution in [1.82, 2.24) is 0 Å². The van der Waals surface area contributed by atoms with Gasteiger partial charge in [0.25, 0.3) is 20.2 Å². The average Bonchev–Trinajstić information content (AvgIpc) is 2.56. The van der Waals surface area contributed by atoms with Gasteiger partial charge >= 0.3 is 0 Å². The normalized spacial score (nSPS) is 10.9. The highest BCUT2D eigenvalue weighted by Crippen LogP contribution is 2.09. The first kappa shape index (κ1) is 25.2. The lowest BCUT2D eigenvalue weighted by Gasteiger charge is -1.95. The Hall–Kier alpha value is -1.78. The summed E-state index contributed by atoms with van der Waals surface area (Å²) >= 11 is 0. The Balaban J connectivity index is 0.000000405. The zero-order valence-corrected chi connectivity index (χ0v) is 17.2. The van der Waals surface area contributed by atoms with Crippen molar-refractivity contribution >= 4 is 20.2 Å². The summed E-state index contributed by atoms with van der Waals surface area (Å²) < 4.78 is 59.1. The Morgan fingerprint density at radius 1 is 0.704 bits per heavy atom. The fourth-order valence-corrected chi connectivity index (χ4v) is 2.54. The lowest BCUT2D eigenvalue weighted by Crippen LogP contribution is -1.96. The molecule has 0 heterocycles. The van der Waals surface area contributed by atoms with Crippen LogP contribution in [0.3, 0.4) is 0 Å². The molecular weight excluding hydrogens is 392 g/mol. The van der Waals surface area contributed by atoms with E-state index in [2.05, 4.69) is 6.92 Å². The number of unbranched alkanes of at least 4 members (excludes halogenated alkanes) is 1. The van der Waals surface area contributed by atoms with Crippen LogP contribution in [0.15, 0.2) is 58.3 Å². The minimum Gasteiger partial charge on any atom is -0.396 e. The third kappa shape index (κ3) is 11.5. The molecule has 0 fully saturated rings. The van der Waals surface area contributed by atoms with E-state index in [1.165, 1.54) is 24.3 Å². The first-order chi connectivity index (χ1) is 12.4. The molecular formula is C18H26O7S2. The third-order valence-corrected chi connectivity index (χ3v) is 4.89. The summed E-state index contributed by atoms with van der Waals surface area (Å²) in [6.07, 6.45) is 2.04. The van der Waals surface area contributed by atoms with Gasteiger partial charge in [-0.15, -0.1) is 0 Å². The van der Waals surface area contributed by atoms with Gasteiger partial charge < -0.3 is 5.11 Å². The molecule has 0 unspecified atom stereocenters. The summed E-state index contributed by atoms with van der Waals surface area (Å²) in [5.41, 5.74) is 1.91. The van der Waals surface area contributed by atoms with Crippen molar-refractivity contribution in [1.29, 1.82) is 0 Å². The van der Waals surface area contributed by atoms with E-state index < -0.39 is 20.2 Å². The van der Waals surface area contributed by atoms with Gasteiger partial charge in [0.15, 0.2) is 0 Å². The molecule has 2 aromatic rings. The van der Waals surface area contributed by atoms with Gasteiger partial charge in [-0.2, -0.15) is 16.8 Å². The first-order valence-corrected chi connectivity index (χ1v) is 11.0.